The van der Waals surface area contributed by atoms with Gasteiger partial charge in [-0.2, -0.15) is 0 Å². The third-order valence-electron chi connectivity index (χ3n) is 3.00. The molecular weight excluding hydrogens is 280 g/mol. The van der Waals surface area contributed by atoms with Gasteiger partial charge in [0.25, 0.3) is 0 Å². The summed E-state index contributed by atoms with van der Waals surface area (Å²) in [6, 6.07) is 5.75. The summed E-state index contributed by atoms with van der Waals surface area (Å²) < 4.78 is 6.32. The monoisotopic (exact) mass is 298 g/mol. The summed E-state index contributed by atoms with van der Waals surface area (Å²) in [6.45, 7) is 5.95. The van der Waals surface area contributed by atoms with Crippen molar-refractivity contribution in [2.24, 2.45) is 0 Å². The highest BCUT2D eigenvalue weighted by Crippen LogP contribution is 2.21. The van der Waals surface area contributed by atoms with Gasteiger partial charge >= 0.3 is 0 Å². The highest BCUT2D eigenvalue weighted by molar-refractivity contribution is 9.10. The van der Waals surface area contributed by atoms with E-state index >= 15 is 0 Å². The van der Waals surface area contributed by atoms with Gasteiger partial charge in [-0.15, -0.1) is 0 Å². The zero-order valence-corrected chi connectivity index (χ0v) is 12.4. The average molecular weight is 299 g/mol. The van der Waals surface area contributed by atoms with Crippen LogP contribution >= 0.6 is 15.9 Å². The van der Waals surface area contributed by atoms with E-state index in [-0.39, 0.29) is 11.4 Å². The molecule has 0 amide bonds. The number of benzene rings is 1. The minimum absolute atomic E-state index is 0.181. The Kier molecular flexibility index (Phi) is 4.90. The van der Waals surface area contributed by atoms with Gasteiger partial charge in [0.2, 0.25) is 0 Å². The highest BCUT2D eigenvalue weighted by Gasteiger charge is 2.19. The summed E-state index contributed by atoms with van der Waals surface area (Å²) in [6.07, 6.45) is 1.25. The van der Waals surface area contributed by atoms with Gasteiger partial charge in [0.15, 0.2) is 5.78 Å². The van der Waals surface area contributed by atoms with E-state index < -0.39 is 0 Å². The molecule has 0 heterocycles. The number of carbonyl (C=O) groups excluding carboxylic acids is 1. The van der Waals surface area contributed by atoms with Gasteiger partial charge in [0, 0.05) is 23.6 Å². The molecule has 0 bridgehead atoms. The molecule has 2 nitrogen and oxygen atoms in total. The Labute approximate surface area is 111 Å². The standard InChI is InChI=1S/C14H19BrO2/c1-10-9-11(15)5-6-12(10)13(16)7-8-14(2,3)17-4/h5-6,9H,7-8H2,1-4H3. The van der Waals surface area contributed by atoms with Crippen LogP contribution in [0, 0.1) is 6.92 Å². The van der Waals surface area contributed by atoms with Crippen LogP contribution in [-0.4, -0.2) is 18.5 Å². The van der Waals surface area contributed by atoms with Crippen molar-refractivity contribution in [3.05, 3.63) is 33.8 Å². The number of aryl methyl sites for hydroxylation is 1. The van der Waals surface area contributed by atoms with Crippen molar-refractivity contribution in [1.29, 1.82) is 0 Å². The second-order valence-corrected chi connectivity index (χ2v) is 5.76. The Morgan fingerprint density at radius 3 is 2.59 bits per heavy atom. The molecule has 0 unspecified atom stereocenters. The Morgan fingerprint density at radius 1 is 1.41 bits per heavy atom. The molecule has 0 atom stereocenters. The zero-order chi connectivity index (χ0) is 13.1. The van der Waals surface area contributed by atoms with Crippen molar-refractivity contribution in [1.82, 2.24) is 0 Å². The molecule has 1 aromatic rings. The van der Waals surface area contributed by atoms with Crippen molar-refractivity contribution >= 4 is 21.7 Å². The van der Waals surface area contributed by atoms with Crippen LogP contribution in [0.5, 0.6) is 0 Å². The molecule has 0 aliphatic rings. The largest absolute Gasteiger partial charge is 0.379 e. The second kappa shape index (κ2) is 5.78. The fraction of sp³-hybridized carbons (Fsp3) is 0.500. The molecule has 0 aromatic heterocycles. The molecule has 0 fully saturated rings. The summed E-state index contributed by atoms with van der Waals surface area (Å²) in [7, 11) is 1.68. The predicted octanol–water partition coefficient (Wildman–Crippen LogP) is 4.15. The van der Waals surface area contributed by atoms with Crippen LogP contribution < -0.4 is 0 Å². The first-order chi connectivity index (χ1) is 7.85. The van der Waals surface area contributed by atoms with E-state index in [0.717, 1.165) is 22.0 Å². The van der Waals surface area contributed by atoms with E-state index in [0.29, 0.717) is 6.42 Å². The van der Waals surface area contributed by atoms with Gasteiger partial charge in [0.05, 0.1) is 5.60 Å². The van der Waals surface area contributed by atoms with Gasteiger partial charge in [0.1, 0.15) is 0 Å². The van der Waals surface area contributed by atoms with Crippen molar-refractivity contribution < 1.29 is 9.53 Å². The number of halogens is 1. The summed E-state index contributed by atoms with van der Waals surface area (Å²) in [4.78, 5) is 12.1. The zero-order valence-electron chi connectivity index (χ0n) is 10.8. The maximum absolute atomic E-state index is 12.1. The topological polar surface area (TPSA) is 26.3 Å². The molecule has 0 radical (unpaired) electrons. The third kappa shape index (κ3) is 4.25. The molecule has 3 heteroatoms. The van der Waals surface area contributed by atoms with E-state index in [1.807, 2.05) is 39.0 Å². The number of hydrogen-bond acceptors (Lipinski definition) is 2. The molecule has 1 aromatic carbocycles. The molecule has 1 rings (SSSR count). The quantitative estimate of drug-likeness (QED) is 0.764. The smallest absolute Gasteiger partial charge is 0.163 e. The number of Topliss-reactive ketones (excluding diaryl/α,β-unsaturated/α-hetero) is 1. The van der Waals surface area contributed by atoms with Crippen LogP contribution in [-0.2, 0) is 4.74 Å². The van der Waals surface area contributed by atoms with Gasteiger partial charge in [-0.25, -0.2) is 0 Å². The maximum atomic E-state index is 12.1. The second-order valence-electron chi connectivity index (χ2n) is 4.85. The average Bonchev–Trinajstić information content (AvgIpc) is 2.26. The maximum Gasteiger partial charge on any atom is 0.163 e. The number of carbonyl (C=O) groups is 1. The first-order valence-electron chi connectivity index (χ1n) is 5.70. The van der Waals surface area contributed by atoms with Crippen LogP contribution in [0.3, 0.4) is 0 Å². The van der Waals surface area contributed by atoms with Crippen LogP contribution in [0.15, 0.2) is 22.7 Å². The summed E-state index contributed by atoms with van der Waals surface area (Å²) in [5, 5.41) is 0. The molecule has 0 spiro atoms. The van der Waals surface area contributed by atoms with Gasteiger partial charge in [-0.1, -0.05) is 22.0 Å². The molecule has 17 heavy (non-hydrogen) atoms. The predicted molar refractivity (Wildman–Crippen MR) is 73.5 cm³/mol. The lowest BCUT2D eigenvalue weighted by atomic mass is 9.96. The Morgan fingerprint density at radius 2 is 2.06 bits per heavy atom. The third-order valence-corrected chi connectivity index (χ3v) is 3.49. The Balaban J connectivity index is 2.71. The lowest BCUT2D eigenvalue weighted by Gasteiger charge is -2.22. The molecule has 0 N–H and O–H groups in total. The first-order valence-corrected chi connectivity index (χ1v) is 6.49. The van der Waals surface area contributed by atoms with Crippen LogP contribution in [0.2, 0.25) is 0 Å². The van der Waals surface area contributed by atoms with Crippen molar-refractivity contribution in [2.75, 3.05) is 7.11 Å². The van der Waals surface area contributed by atoms with Crippen molar-refractivity contribution in [2.45, 2.75) is 39.2 Å². The van der Waals surface area contributed by atoms with Crippen molar-refractivity contribution in [3.63, 3.8) is 0 Å². The van der Waals surface area contributed by atoms with Crippen molar-refractivity contribution in [3.8, 4) is 0 Å². The number of methoxy groups -OCH3 is 1. The Hall–Kier alpha value is -0.670. The number of ether oxygens (including phenoxy) is 1. The van der Waals surface area contributed by atoms with E-state index in [4.69, 9.17) is 4.74 Å². The molecule has 0 aliphatic carbocycles. The Bertz CT molecular complexity index is 411. The summed E-state index contributed by atoms with van der Waals surface area (Å²) in [5.74, 6) is 0.181. The van der Waals surface area contributed by atoms with Gasteiger partial charge in [-0.3, -0.25) is 4.79 Å². The first kappa shape index (κ1) is 14.4. The van der Waals surface area contributed by atoms with Gasteiger partial charge in [-0.05, 0) is 44.9 Å². The molecule has 0 saturated heterocycles. The van der Waals surface area contributed by atoms with E-state index in [1.165, 1.54) is 0 Å². The van der Waals surface area contributed by atoms with Crippen LogP contribution in [0.25, 0.3) is 0 Å². The minimum atomic E-state index is -0.237. The molecule has 0 aliphatic heterocycles. The molecule has 94 valence electrons. The van der Waals surface area contributed by atoms with E-state index in [2.05, 4.69) is 15.9 Å². The lowest BCUT2D eigenvalue weighted by molar-refractivity contribution is 0.0141. The van der Waals surface area contributed by atoms with Crippen LogP contribution in [0.4, 0.5) is 0 Å². The summed E-state index contributed by atoms with van der Waals surface area (Å²) >= 11 is 3.40. The highest BCUT2D eigenvalue weighted by atomic mass is 79.9. The number of rotatable bonds is 5. The normalized spacial score (nSPS) is 11.6. The minimum Gasteiger partial charge on any atom is -0.379 e. The number of ketones is 1. The molecular formula is C14H19BrO2. The SMILES string of the molecule is COC(C)(C)CCC(=O)c1ccc(Br)cc1C. The fourth-order valence-corrected chi connectivity index (χ4v) is 2.07. The summed E-state index contributed by atoms with van der Waals surface area (Å²) in [5.41, 5.74) is 1.58. The van der Waals surface area contributed by atoms with E-state index in [1.54, 1.807) is 7.11 Å². The van der Waals surface area contributed by atoms with Crippen LogP contribution in [0.1, 0.15) is 42.6 Å². The number of hydrogen-bond donors (Lipinski definition) is 0. The van der Waals surface area contributed by atoms with Gasteiger partial charge < -0.3 is 4.74 Å². The fourth-order valence-electron chi connectivity index (χ4n) is 1.59. The molecule has 0 saturated carbocycles. The van der Waals surface area contributed by atoms with E-state index in [9.17, 15) is 4.79 Å². The lowest BCUT2D eigenvalue weighted by Crippen LogP contribution is -2.23.